The van der Waals surface area contributed by atoms with Gasteiger partial charge in [0.25, 0.3) is 5.91 Å². The SMILES string of the molecule is CCCCCNC(=O)c1ccc(Nc2ccc(OC(C)C)cc2)nn1. The third-order valence-corrected chi connectivity index (χ3v) is 3.46. The molecule has 2 rings (SSSR count). The zero-order chi connectivity index (χ0) is 18.1. The Bertz CT molecular complexity index is 654. The van der Waals surface area contributed by atoms with Crippen LogP contribution >= 0.6 is 0 Å². The minimum Gasteiger partial charge on any atom is -0.491 e. The molecule has 0 saturated carbocycles. The van der Waals surface area contributed by atoms with Crippen molar-refractivity contribution in [3.05, 3.63) is 42.1 Å². The standard InChI is InChI=1S/C19H26N4O2/c1-4-5-6-13-20-19(24)17-11-12-18(23-22-17)21-15-7-9-16(10-8-15)25-14(2)3/h7-12,14H,4-6,13H2,1-3H3,(H,20,24)(H,21,23). The first-order valence-electron chi connectivity index (χ1n) is 8.74. The summed E-state index contributed by atoms with van der Waals surface area (Å²) in [7, 11) is 0. The molecule has 6 heteroatoms. The molecule has 0 aliphatic rings. The predicted molar refractivity (Wildman–Crippen MR) is 99.4 cm³/mol. The Morgan fingerprint density at radius 2 is 1.84 bits per heavy atom. The van der Waals surface area contributed by atoms with Gasteiger partial charge in [0.1, 0.15) is 5.75 Å². The number of hydrogen-bond acceptors (Lipinski definition) is 5. The molecular formula is C19H26N4O2. The number of carbonyl (C=O) groups excluding carboxylic acids is 1. The van der Waals surface area contributed by atoms with Crippen molar-refractivity contribution in [2.75, 3.05) is 11.9 Å². The lowest BCUT2D eigenvalue weighted by atomic mass is 10.2. The van der Waals surface area contributed by atoms with E-state index >= 15 is 0 Å². The second-order valence-corrected chi connectivity index (χ2v) is 6.08. The maximum atomic E-state index is 12.0. The fourth-order valence-electron chi connectivity index (χ4n) is 2.22. The molecule has 1 heterocycles. The Morgan fingerprint density at radius 1 is 1.08 bits per heavy atom. The molecule has 0 unspecified atom stereocenters. The minimum absolute atomic E-state index is 0.144. The van der Waals surface area contributed by atoms with E-state index in [4.69, 9.17) is 4.74 Å². The lowest BCUT2D eigenvalue weighted by Crippen LogP contribution is -2.25. The van der Waals surface area contributed by atoms with Gasteiger partial charge in [0, 0.05) is 12.2 Å². The number of unbranched alkanes of at least 4 members (excludes halogenated alkanes) is 2. The maximum absolute atomic E-state index is 12.0. The van der Waals surface area contributed by atoms with E-state index in [-0.39, 0.29) is 12.0 Å². The predicted octanol–water partition coefficient (Wildman–Crippen LogP) is 3.93. The van der Waals surface area contributed by atoms with Crippen molar-refractivity contribution in [3.8, 4) is 5.75 Å². The van der Waals surface area contributed by atoms with Crippen molar-refractivity contribution in [2.45, 2.75) is 46.1 Å². The summed E-state index contributed by atoms with van der Waals surface area (Å²) in [5.74, 6) is 1.21. The Labute approximate surface area is 149 Å². The third-order valence-electron chi connectivity index (χ3n) is 3.46. The number of aromatic nitrogens is 2. The van der Waals surface area contributed by atoms with Crippen LogP contribution in [0.3, 0.4) is 0 Å². The summed E-state index contributed by atoms with van der Waals surface area (Å²) in [5.41, 5.74) is 1.20. The van der Waals surface area contributed by atoms with Gasteiger partial charge in [-0.25, -0.2) is 0 Å². The largest absolute Gasteiger partial charge is 0.491 e. The fourth-order valence-corrected chi connectivity index (χ4v) is 2.22. The molecule has 1 aromatic heterocycles. The van der Waals surface area contributed by atoms with Crippen molar-refractivity contribution in [1.82, 2.24) is 15.5 Å². The van der Waals surface area contributed by atoms with Gasteiger partial charge >= 0.3 is 0 Å². The average Bonchev–Trinajstić information content (AvgIpc) is 2.60. The van der Waals surface area contributed by atoms with E-state index < -0.39 is 0 Å². The second-order valence-electron chi connectivity index (χ2n) is 6.08. The molecule has 0 radical (unpaired) electrons. The number of nitrogens with zero attached hydrogens (tertiary/aromatic N) is 2. The van der Waals surface area contributed by atoms with E-state index in [1.54, 1.807) is 12.1 Å². The smallest absolute Gasteiger partial charge is 0.271 e. The molecule has 25 heavy (non-hydrogen) atoms. The lowest BCUT2D eigenvalue weighted by Gasteiger charge is -2.10. The van der Waals surface area contributed by atoms with Gasteiger partial charge in [-0.05, 0) is 56.7 Å². The summed E-state index contributed by atoms with van der Waals surface area (Å²) in [6.45, 7) is 6.77. The van der Waals surface area contributed by atoms with Gasteiger partial charge < -0.3 is 15.4 Å². The molecule has 1 amide bonds. The highest BCUT2D eigenvalue weighted by Crippen LogP contribution is 2.19. The van der Waals surface area contributed by atoms with Crippen LogP contribution in [-0.2, 0) is 0 Å². The quantitative estimate of drug-likeness (QED) is 0.675. The number of rotatable bonds is 9. The Balaban J connectivity index is 1.88. The van der Waals surface area contributed by atoms with Crippen LogP contribution < -0.4 is 15.4 Å². The van der Waals surface area contributed by atoms with Crippen molar-refractivity contribution >= 4 is 17.4 Å². The Kier molecular flexibility index (Phi) is 7.19. The molecule has 0 saturated heterocycles. The Hall–Kier alpha value is -2.63. The molecule has 134 valence electrons. The summed E-state index contributed by atoms with van der Waals surface area (Å²) >= 11 is 0. The molecule has 0 spiro atoms. The molecule has 1 aromatic carbocycles. The van der Waals surface area contributed by atoms with Gasteiger partial charge in [-0.15, -0.1) is 10.2 Å². The monoisotopic (exact) mass is 342 g/mol. The van der Waals surface area contributed by atoms with Crippen molar-refractivity contribution < 1.29 is 9.53 Å². The van der Waals surface area contributed by atoms with E-state index in [1.807, 2.05) is 38.1 Å². The van der Waals surface area contributed by atoms with E-state index in [2.05, 4.69) is 27.8 Å². The molecule has 0 fully saturated rings. The number of benzene rings is 1. The topological polar surface area (TPSA) is 76.1 Å². The number of anilines is 2. The zero-order valence-electron chi connectivity index (χ0n) is 15.1. The van der Waals surface area contributed by atoms with Crippen molar-refractivity contribution in [3.63, 3.8) is 0 Å². The minimum atomic E-state index is -0.189. The lowest BCUT2D eigenvalue weighted by molar-refractivity contribution is 0.0947. The molecule has 0 atom stereocenters. The summed E-state index contributed by atoms with van der Waals surface area (Å²) in [5, 5.41) is 14.0. The maximum Gasteiger partial charge on any atom is 0.271 e. The summed E-state index contributed by atoms with van der Waals surface area (Å²) in [6.07, 6.45) is 3.35. The van der Waals surface area contributed by atoms with Gasteiger partial charge in [-0.2, -0.15) is 0 Å². The number of carbonyl (C=O) groups is 1. The first-order valence-corrected chi connectivity index (χ1v) is 8.74. The molecule has 6 nitrogen and oxygen atoms in total. The van der Waals surface area contributed by atoms with Crippen molar-refractivity contribution in [1.29, 1.82) is 0 Å². The third kappa shape index (κ3) is 6.41. The van der Waals surface area contributed by atoms with E-state index in [0.29, 0.717) is 18.1 Å². The molecule has 0 bridgehead atoms. The molecular weight excluding hydrogens is 316 g/mol. The van der Waals surface area contributed by atoms with Crippen LogP contribution in [0.1, 0.15) is 50.5 Å². The normalized spacial score (nSPS) is 10.6. The summed E-state index contributed by atoms with van der Waals surface area (Å²) < 4.78 is 5.61. The molecule has 2 N–H and O–H groups in total. The average molecular weight is 342 g/mol. The van der Waals surface area contributed by atoms with E-state index in [1.165, 1.54) is 0 Å². The van der Waals surface area contributed by atoms with Crippen LogP contribution in [0.4, 0.5) is 11.5 Å². The van der Waals surface area contributed by atoms with Gasteiger partial charge in [-0.3, -0.25) is 4.79 Å². The van der Waals surface area contributed by atoms with Gasteiger partial charge in [0.15, 0.2) is 11.5 Å². The van der Waals surface area contributed by atoms with Gasteiger partial charge in [0.05, 0.1) is 6.10 Å². The molecule has 0 aliphatic heterocycles. The Morgan fingerprint density at radius 3 is 2.44 bits per heavy atom. The molecule has 0 aliphatic carbocycles. The summed E-state index contributed by atoms with van der Waals surface area (Å²) in [6, 6.07) is 11.0. The van der Waals surface area contributed by atoms with Gasteiger partial charge in [-0.1, -0.05) is 19.8 Å². The number of amides is 1. The van der Waals surface area contributed by atoms with E-state index in [9.17, 15) is 4.79 Å². The van der Waals surface area contributed by atoms with Crippen LogP contribution in [0, 0.1) is 0 Å². The van der Waals surface area contributed by atoms with Crippen LogP contribution in [-0.4, -0.2) is 28.8 Å². The van der Waals surface area contributed by atoms with Crippen LogP contribution in [0.25, 0.3) is 0 Å². The highest BCUT2D eigenvalue weighted by Gasteiger charge is 2.07. The zero-order valence-corrected chi connectivity index (χ0v) is 15.1. The highest BCUT2D eigenvalue weighted by atomic mass is 16.5. The number of ether oxygens (including phenoxy) is 1. The number of nitrogens with one attached hydrogen (secondary N) is 2. The highest BCUT2D eigenvalue weighted by molar-refractivity contribution is 5.92. The number of hydrogen-bond donors (Lipinski definition) is 2. The first kappa shape index (κ1) is 18.7. The van der Waals surface area contributed by atoms with Crippen LogP contribution in [0.5, 0.6) is 5.75 Å². The second kappa shape index (κ2) is 9.61. The van der Waals surface area contributed by atoms with Crippen LogP contribution in [0.2, 0.25) is 0 Å². The van der Waals surface area contributed by atoms with E-state index in [0.717, 1.165) is 30.7 Å². The summed E-state index contributed by atoms with van der Waals surface area (Å²) in [4.78, 5) is 12.0. The molecule has 2 aromatic rings. The fraction of sp³-hybridized carbons (Fsp3) is 0.421. The van der Waals surface area contributed by atoms with Gasteiger partial charge in [0.2, 0.25) is 0 Å². The first-order chi connectivity index (χ1) is 12.1. The van der Waals surface area contributed by atoms with Crippen molar-refractivity contribution in [2.24, 2.45) is 0 Å². The van der Waals surface area contributed by atoms with Crippen LogP contribution in [0.15, 0.2) is 36.4 Å².